The molecule has 3 aromatic carbocycles. The number of methoxy groups -OCH3 is 1. The third-order valence-electron chi connectivity index (χ3n) is 5.43. The Balaban J connectivity index is 1.81. The van der Waals surface area contributed by atoms with E-state index in [1.807, 2.05) is 0 Å². The molecule has 32 heavy (non-hydrogen) atoms. The maximum atomic E-state index is 13.8. The Morgan fingerprint density at radius 2 is 1.84 bits per heavy atom. The van der Waals surface area contributed by atoms with Crippen LogP contribution in [0.2, 0.25) is 0 Å². The number of fused-ring (bicyclic) bond motifs is 1. The van der Waals surface area contributed by atoms with Crippen molar-refractivity contribution in [3.63, 3.8) is 0 Å². The third-order valence-corrected chi connectivity index (χ3v) is 5.43. The van der Waals surface area contributed by atoms with E-state index < -0.39 is 30.7 Å². The number of β-amino-alcohol motifs (C(OH)–C–C–N with tert-alkyl or cyclic N) is 1. The molecule has 1 aliphatic heterocycles. The molecule has 1 heterocycles. The van der Waals surface area contributed by atoms with Crippen LogP contribution in [0.4, 0.5) is 23.2 Å². The van der Waals surface area contributed by atoms with E-state index in [2.05, 4.69) is 0 Å². The number of anilines is 1. The molecule has 2 atom stereocenters. The van der Waals surface area contributed by atoms with Crippen molar-refractivity contribution in [2.24, 2.45) is 0 Å². The number of aliphatic hydroxyl groups excluding tert-OH is 1. The number of nitrogens with zero attached hydrogens (tertiary/aromatic N) is 1. The fraction of sp³-hybridized carbons (Fsp3) is 0.250. The second kappa shape index (κ2) is 8.70. The lowest BCUT2D eigenvalue weighted by molar-refractivity contribution is -0.200. The van der Waals surface area contributed by atoms with Gasteiger partial charge in [-0.3, -0.25) is 0 Å². The van der Waals surface area contributed by atoms with Crippen LogP contribution < -0.4 is 14.4 Å². The Morgan fingerprint density at radius 3 is 2.56 bits per heavy atom. The number of para-hydroxylation sites is 1. The van der Waals surface area contributed by atoms with E-state index in [9.17, 15) is 22.7 Å². The standard InChI is InChI=1S/C24H21F4NO3/c1-31-18-8-3-6-16(12-18)21-14-32-23-19(15-5-2-7-17(25)11-15)9-4-10-20(23)29(21)13-22(30)24(26,27)28/h2-12,21-22,30H,13-14H2,1H3. The van der Waals surface area contributed by atoms with Gasteiger partial charge in [0, 0.05) is 5.56 Å². The number of hydrogen-bond donors (Lipinski definition) is 1. The fourth-order valence-corrected chi connectivity index (χ4v) is 3.85. The van der Waals surface area contributed by atoms with Gasteiger partial charge in [0.15, 0.2) is 11.9 Å². The summed E-state index contributed by atoms with van der Waals surface area (Å²) >= 11 is 0. The van der Waals surface area contributed by atoms with Crippen LogP contribution in [-0.2, 0) is 0 Å². The predicted molar refractivity (Wildman–Crippen MR) is 112 cm³/mol. The van der Waals surface area contributed by atoms with Crippen molar-refractivity contribution < 1.29 is 32.1 Å². The summed E-state index contributed by atoms with van der Waals surface area (Å²) in [6.45, 7) is -0.647. The van der Waals surface area contributed by atoms with Crippen molar-refractivity contribution in [2.45, 2.75) is 18.3 Å². The highest BCUT2D eigenvalue weighted by Gasteiger charge is 2.42. The molecule has 0 saturated heterocycles. The average Bonchev–Trinajstić information content (AvgIpc) is 2.78. The quantitative estimate of drug-likeness (QED) is 0.535. The van der Waals surface area contributed by atoms with Crippen molar-refractivity contribution in [2.75, 3.05) is 25.2 Å². The van der Waals surface area contributed by atoms with Crippen LogP contribution in [-0.4, -0.2) is 37.6 Å². The number of alkyl halides is 3. The molecule has 1 N–H and O–H groups in total. The van der Waals surface area contributed by atoms with Gasteiger partial charge in [-0.05, 0) is 41.5 Å². The molecule has 0 bridgehead atoms. The highest BCUT2D eigenvalue weighted by atomic mass is 19.4. The molecular weight excluding hydrogens is 426 g/mol. The van der Waals surface area contributed by atoms with Crippen molar-refractivity contribution in [1.82, 2.24) is 0 Å². The van der Waals surface area contributed by atoms with Gasteiger partial charge in [0.25, 0.3) is 0 Å². The zero-order chi connectivity index (χ0) is 22.9. The van der Waals surface area contributed by atoms with Crippen LogP contribution in [0, 0.1) is 5.82 Å². The van der Waals surface area contributed by atoms with Crippen molar-refractivity contribution in [1.29, 1.82) is 0 Å². The molecule has 4 rings (SSSR count). The summed E-state index contributed by atoms with van der Waals surface area (Å²) < 4.78 is 64.8. The summed E-state index contributed by atoms with van der Waals surface area (Å²) in [4.78, 5) is 1.48. The van der Waals surface area contributed by atoms with Crippen molar-refractivity contribution in [3.8, 4) is 22.6 Å². The number of ether oxygens (including phenoxy) is 2. The minimum Gasteiger partial charge on any atom is -0.497 e. The molecule has 3 aromatic rings. The third kappa shape index (κ3) is 4.36. The summed E-state index contributed by atoms with van der Waals surface area (Å²) in [6.07, 6.45) is -7.34. The zero-order valence-electron chi connectivity index (χ0n) is 17.1. The number of halogens is 4. The van der Waals surface area contributed by atoms with E-state index in [0.717, 1.165) is 0 Å². The van der Waals surface area contributed by atoms with Crippen LogP contribution in [0.1, 0.15) is 11.6 Å². The highest BCUT2D eigenvalue weighted by Crippen LogP contribution is 2.46. The molecule has 0 saturated carbocycles. The van der Waals surface area contributed by atoms with Crippen molar-refractivity contribution >= 4 is 5.69 Å². The molecular formula is C24H21F4NO3. The van der Waals surface area contributed by atoms with E-state index in [4.69, 9.17) is 9.47 Å². The van der Waals surface area contributed by atoms with Gasteiger partial charge in [-0.1, -0.05) is 36.4 Å². The molecule has 8 heteroatoms. The predicted octanol–water partition coefficient (Wildman–Crippen LogP) is 5.36. The average molecular weight is 447 g/mol. The molecule has 2 unspecified atom stereocenters. The van der Waals surface area contributed by atoms with E-state index in [0.29, 0.717) is 33.9 Å². The minimum absolute atomic E-state index is 0.0388. The highest BCUT2D eigenvalue weighted by molar-refractivity contribution is 5.80. The first-order valence-corrected chi connectivity index (χ1v) is 9.95. The molecule has 168 valence electrons. The molecule has 4 nitrogen and oxygen atoms in total. The number of benzene rings is 3. The molecule has 0 radical (unpaired) electrons. The monoisotopic (exact) mass is 447 g/mol. The van der Waals surface area contributed by atoms with E-state index in [1.54, 1.807) is 54.6 Å². The Morgan fingerprint density at radius 1 is 1.09 bits per heavy atom. The van der Waals surface area contributed by atoms with Crippen LogP contribution in [0.25, 0.3) is 11.1 Å². The lowest BCUT2D eigenvalue weighted by atomic mass is 9.98. The van der Waals surface area contributed by atoms with E-state index in [1.165, 1.54) is 24.1 Å². The second-order valence-corrected chi connectivity index (χ2v) is 7.48. The molecule has 1 aliphatic rings. The van der Waals surface area contributed by atoms with Crippen LogP contribution in [0.5, 0.6) is 11.5 Å². The first-order valence-electron chi connectivity index (χ1n) is 9.95. The maximum Gasteiger partial charge on any atom is 0.416 e. The summed E-state index contributed by atoms with van der Waals surface area (Å²) in [6, 6.07) is 17.3. The van der Waals surface area contributed by atoms with Gasteiger partial charge >= 0.3 is 6.18 Å². The number of aliphatic hydroxyl groups is 1. The van der Waals surface area contributed by atoms with E-state index >= 15 is 0 Å². The fourth-order valence-electron chi connectivity index (χ4n) is 3.85. The normalized spacial score (nSPS) is 16.8. The van der Waals surface area contributed by atoms with Gasteiger partial charge in [0.2, 0.25) is 0 Å². The number of rotatable bonds is 5. The molecule has 0 aliphatic carbocycles. The topological polar surface area (TPSA) is 41.9 Å². The number of hydrogen-bond acceptors (Lipinski definition) is 4. The van der Waals surface area contributed by atoms with Gasteiger partial charge in [0.1, 0.15) is 18.2 Å². The second-order valence-electron chi connectivity index (χ2n) is 7.48. The van der Waals surface area contributed by atoms with Gasteiger partial charge < -0.3 is 19.5 Å². The molecule has 0 fully saturated rings. The molecule has 0 spiro atoms. The summed E-state index contributed by atoms with van der Waals surface area (Å²) in [7, 11) is 1.50. The lowest BCUT2D eigenvalue weighted by Crippen LogP contribution is -2.46. The van der Waals surface area contributed by atoms with Gasteiger partial charge in [-0.15, -0.1) is 0 Å². The Kier molecular flexibility index (Phi) is 5.97. The Bertz CT molecular complexity index is 1100. The van der Waals surface area contributed by atoms with Crippen LogP contribution in [0.3, 0.4) is 0 Å². The Labute approximate surface area is 182 Å². The van der Waals surface area contributed by atoms with Gasteiger partial charge in [-0.2, -0.15) is 13.2 Å². The summed E-state index contributed by atoms with van der Waals surface area (Å²) in [5, 5.41) is 9.87. The summed E-state index contributed by atoms with van der Waals surface area (Å²) in [5.41, 5.74) is 2.16. The molecule has 0 amide bonds. The van der Waals surface area contributed by atoms with Gasteiger partial charge in [-0.25, -0.2) is 4.39 Å². The van der Waals surface area contributed by atoms with Crippen LogP contribution in [0.15, 0.2) is 66.7 Å². The van der Waals surface area contributed by atoms with Crippen molar-refractivity contribution in [3.05, 3.63) is 78.1 Å². The van der Waals surface area contributed by atoms with Crippen LogP contribution >= 0.6 is 0 Å². The van der Waals surface area contributed by atoms with E-state index in [-0.39, 0.29) is 6.61 Å². The summed E-state index contributed by atoms with van der Waals surface area (Å²) in [5.74, 6) is 0.458. The maximum absolute atomic E-state index is 13.8. The van der Waals surface area contributed by atoms with Gasteiger partial charge in [0.05, 0.1) is 25.4 Å². The SMILES string of the molecule is COc1cccc(C2COc3c(-c4cccc(F)c4)cccc3N2CC(O)C(F)(F)F)c1. The Hall–Kier alpha value is -3.26. The molecule has 0 aromatic heterocycles. The zero-order valence-corrected chi connectivity index (χ0v) is 17.1. The largest absolute Gasteiger partial charge is 0.497 e. The smallest absolute Gasteiger partial charge is 0.416 e. The first-order chi connectivity index (χ1) is 15.3. The minimum atomic E-state index is -4.78. The lowest BCUT2D eigenvalue weighted by Gasteiger charge is -2.40. The first kappa shape index (κ1) is 22.0.